The standard InChI is InChI=1S/C14H22BrN/c1-14(2,3)11-16-9-5-7-12-6-4-8-13(15)10-12/h4,6,8,10,16H,5,7,9,11H2,1-3H3. The van der Waals surface area contributed by atoms with Crippen molar-refractivity contribution in [2.24, 2.45) is 5.41 Å². The van der Waals surface area contributed by atoms with Gasteiger partial charge in [-0.3, -0.25) is 0 Å². The molecule has 1 nitrogen and oxygen atoms in total. The molecule has 2 heteroatoms. The number of rotatable bonds is 5. The maximum Gasteiger partial charge on any atom is 0.0177 e. The predicted octanol–water partition coefficient (Wildman–Crippen LogP) is 4.02. The van der Waals surface area contributed by atoms with Gasteiger partial charge in [-0.05, 0) is 49.0 Å². The monoisotopic (exact) mass is 283 g/mol. The average molecular weight is 284 g/mol. The molecule has 0 radical (unpaired) electrons. The summed E-state index contributed by atoms with van der Waals surface area (Å²) in [5, 5.41) is 3.50. The lowest BCUT2D eigenvalue weighted by Crippen LogP contribution is -2.27. The molecule has 16 heavy (non-hydrogen) atoms. The number of hydrogen-bond acceptors (Lipinski definition) is 1. The molecule has 1 N–H and O–H groups in total. The van der Waals surface area contributed by atoms with Gasteiger partial charge < -0.3 is 5.32 Å². The van der Waals surface area contributed by atoms with Crippen LogP contribution in [0.25, 0.3) is 0 Å². The van der Waals surface area contributed by atoms with Crippen LogP contribution in [0.3, 0.4) is 0 Å². The average Bonchev–Trinajstić information content (AvgIpc) is 2.15. The molecule has 0 amide bonds. The van der Waals surface area contributed by atoms with Crippen molar-refractivity contribution in [2.75, 3.05) is 13.1 Å². The molecule has 0 bridgehead atoms. The van der Waals surface area contributed by atoms with Crippen LogP contribution in [0.1, 0.15) is 32.8 Å². The molecule has 0 spiro atoms. The Morgan fingerprint density at radius 1 is 1.25 bits per heavy atom. The Balaban J connectivity index is 2.17. The first-order valence-corrected chi connectivity index (χ1v) is 6.72. The minimum atomic E-state index is 0.385. The van der Waals surface area contributed by atoms with Crippen molar-refractivity contribution in [1.29, 1.82) is 0 Å². The Morgan fingerprint density at radius 3 is 2.62 bits per heavy atom. The fourth-order valence-electron chi connectivity index (χ4n) is 1.57. The minimum Gasteiger partial charge on any atom is -0.316 e. The van der Waals surface area contributed by atoms with Crippen molar-refractivity contribution in [2.45, 2.75) is 33.6 Å². The lowest BCUT2D eigenvalue weighted by molar-refractivity contribution is 0.379. The first-order valence-electron chi connectivity index (χ1n) is 5.92. The molecule has 0 aliphatic carbocycles. The summed E-state index contributed by atoms with van der Waals surface area (Å²) in [5.74, 6) is 0. The van der Waals surface area contributed by atoms with Crippen molar-refractivity contribution in [1.82, 2.24) is 5.32 Å². The van der Waals surface area contributed by atoms with Crippen molar-refractivity contribution < 1.29 is 0 Å². The van der Waals surface area contributed by atoms with Crippen molar-refractivity contribution in [3.05, 3.63) is 34.3 Å². The van der Waals surface area contributed by atoms with Gasteiger partial charge >= 0.3 is 0 Å². The van der Waals surface area contributed by atoms with Gasteiger partial charge in [-0.1, -0.05) is 48.8 Å². The maximum absolute atomic E-state index is 3.50. The largest absolute Gasteiger partial charge is 0.316 e. The highest BCUT2D eigenvalue weighted by molar-refractivity contribution is 9.10. The summed E-state index contributed by atoms with van der Waals surface area (Å²) >= 11 is 3.50. The van der Waals surface area contributed by atoms with E-state index in [4.69, 9.17) is 0 Å². The van der Waals surface area contributed by atoms with Gasteiger partial charge in [0.25, 0.3) is 0 Å². The fourth-order valence-corrected chi connectivity index (χ4v) is 2.02. The van der Waals surface area contributed by atoms with Gasteiger partial charge in [-0.15, -0.1) is 0 Å². The van der Waals surface area contributed by atoms with Crippen LogP contribution in [-0.2, 0) is 6.42 Å². The van der Waals surface area contributed by atoms with E-state index in [-0.39, 0.29) is 0 Å². The fraction of sp³-hybridized carbons (Fsp3) is 0.571. The molecule has 0 saturated heterocycles. The van der Waals surface area contributed by atoms with Gasteiger partial charge in [0.05, 0.1) is 0 Å². The van der Waals surface area contributed by atoms with E-state index < -0.39 is 0 Å². The minimum absolute atomic E-state index is 0.385. The number of halogens is 1. The third-order valence-electron chi connectivity index (χ3n) is 2.36. The molecule has 0 aliphatic heterocycles. The van der Waals surface area contributed by atoms with Crippen LogP contribution in [0.2, 0.25) is 0 Å². The molecule has 0 saturated carbocycles. The van der Waals surface area contributed by atoms with Gasteiger partial charge in [-0.25, -0.2) is 0 Å². The van der Waals surface area contributed by atoms with E-state index in [1.54, 1.807) is 0 Å². The summed E-state index contributed by atoms with van der Waals surface area (Å²) in [5.41, 5.74) is 1.79. The van der Waals surface area contributed by atoms with Crippen molar-refractivity contribution in [3.8, 4) is 0 Å². The molecular weight excluding hydrogens is 262 g/mol. The van der Waals surface area contributed by atoms with Crippen LogP contribution >= 0.6 is 15.9 Å². The summed E-state index contributed by atoms with van der Waals surface area (Å²) in [6, 6.07) is 8.56. The quantitative estimate of drug-likeness (QED) is 0.805. The Hall–Kier alpha value is -0.340. The zero-order valence-corrected chi connectivity index (χ0v) is 12.1. The van der Waals surface area contributed by atoms with Crippen LogP contribution in [-0.4, -0.2) is 13.1 Å². The third-order valence-corrected chi connectivity index (χ3v) is 2.86. The SMILES string of the molecule is CC(C)(C)CNCCCc1cccc(Br)c1. The normalized spacial score (nSPS) is 11.8. The number of nitrogens with one attached hydrogen (secondary N) is 1. The van der Waals surface area contributed by atoms with Gasteiger partial charge in [-0.2, -0.15) is 0 Å². The lowest BCUT2D eigenvalue weighted by atomic mass is 9.97. The smallest absolute Gasteiger partial charge is 0.0177 e. The van der Waals surface area contributed by atoms with Crippen LogP contribution < -0.4 is 5.32 Å². The van der Waals surface area contributed by atoms with Crippen molar-refractivity contribution in [3.63, 3.8) is 0 Å². The Labute approximate surface area is 108 Å². The second-order valence-corrected chi connectivity index (χ2v) is 6.39. The van der Waals surface area contributed by atoms with Crippen molar-refractivity contribution >= 4 is 15.9 Å². The lowest BCUT2D eigenvalue weighted by Gasteiger charge is -2.18. The molecular formula is C14H22BrN. The van der Waals surface area contributed by atoms with Gasteiger partial charge in [0.1, 0.15) is 0 Å². The van der Waals surface area contributed by atoms with E-state index >= 15 is 0 Å². The molecule has 0 atom stereocenters. The first kappa shape index (κ1) is 13.7. The van der Waals surface area contributed by atoms with Crippen LogP contribution in [0.4, 0.5) is 0 Å². The number of benzene rings is 1. The molecule has 0 fully saturated rings. The van der Waals surface area contributed by atoms with E-state index in [2.05, 4.69) is 66.3 Å². The van der Waals surface area contributed by atoms with Gasteiger partial charge in [0, 0.05) is 4.47 Å². The summed E-state index contributed by atoms with van der Waals surface area (Å²) in [6.45, 7) is 8.96. The van der Waals surface area contributed by atoms with E-state index in [0.29, 0.717) is 5.41 Å². The van der Waals surface area contributed by atoms with E-state index in [9.17, 15) is 0 Å². The third kappa shape index (κ3) is 6.29. The molecule has 1 aromatic carbocycles. The molecule has 1 rings (SSSR count). The van der Waals surface area contributed by atoms with E-state index in [0.717, 1.165) is 19.5 Å². The molecule has 90 valence electrons. The Morgan fingerprint density at radius 2 is 2.00 bits per heavy atom. The first-order chi connectivity index (χ1) is 7.47. The van der Waals surface area contributed by atoms with E-state index in [1.807, 2.05) is 0 Å². The van der Waals surface area contributed by atoms with Gasteiger partial charge in [0.15, 0.2) is 0 Å². The Bertz CT molecular complexity index is 315. The molecule has 0 heterocycles. The zero-order valence-electron chi connectivity index (χ0n) is 10.5. The van der Waals surface area contributed by atoms with E-state index in [1.165, 1.54) is 16.5 Å². The van der Waals surface area contributed by atoms with Crippen LogP contribution in [0.5, 0.6) is 0 Å². The summed E-state index contributed by atoms with van der Waals surface area (Å²) in [7, 11) is 0. The summed E-state index contributed by atoms with van der Waals surface area (Å²) < 4.78 is 1.17. The second kappa shape index (κ2) is 6.41. The molecule has 1 aromatic rings. The second-order valence-electron chi connectivity index (χ2n) is 5.47. The topological polar surface area (TPSA) is 12.0 Å². The molecule has 0 unspecified atom stereocenters. The van der Waals surface area contributed by atoms with Crippen LogP contribution in [0, 0.1) is 5.41 Å². The molecule has 0 aromatic heterocycles. The highest BCUT2D eigenvalue weighted by Gasteiger charge is 2.08. The highest BCUT2D eigenvalue weighted by Crippen LogP contribution is 2.13. The molecule has 0 aliphatic rings. The number of aryl methyl sites for hydroxylation is 1. The highest BCUT2D eigenvalue weighted by atomic mass is 79.9. The zero-order chi connectivity index (χ0) is 12.0. The predicted molar refractivity (Wildman–Crippen MR) is 74.8 cm³/mol. The van der Waals surface area contributed by atoms with Crippen LogP contribution in [0.15, 0.2) is 28.7 Å². The summed E-state index contributed by atoms with van der Waals surface area (Å²) in [6.07, 6.45) is 2.35. The number of hydrogen-bond donors (Lipinski definition) is 1. The Kier molecular flexibility index (Phi) is 5.50. The van der Waals surface area contributed by atoms with Gasteiger partial charge in [0.2, 0.25) is 0 Å². The maximum atomic E-state index is 3.50. The summed E-state index contributed by atoms with van der Waals surface area (Å²) in [4.78, 5) is 0.